The second kappa shape index (κ2) is 4.31. The van der Waals surface area contributed by atoms with Gasteiger partial charge in [-0.3, -0.25) is 4.90 Å². The first kappa shape index (κ1) is 11.8. The summed E-state index contributed by atoms with van der Waals surface area (Å²) in [5.74, 6) is 0. The Kier molecular flexibility index (Phi) is 3.18. The van der Waals surface area contributed by atoms with Crippen molar-refractivity contribution in [2.45, 2.75) is 25.2 Å². The Hall–Kier alpha value is -0.660. The predicted octanol–water partition coefficient (Wildman–Crippen LogP) is 1.69. The standard InChI is InChI=1S/C9H12F3N3S/c10-9(11,12)7-3-14-8(16-7)5-15-2-1-6(13)4-15/h3,6H,1-2,4-5,13H2/t6-/m1/s1. The molecule has 0 radical (unpaired) electrons. The minimum Gasteiger partial charge on any atom is -0.326 e. The fraction of sp³-hybridized carbons (Fsp3) is 0.667. The highest BCUT2D eigenvalue weighted by Gasteiger charge is 2.33. The monoisotopic (exact) mass is 251 g/mol. The molecule has 16 heavy (non-hydrogen) atoms. The largest absolute Gasteiger partial charge is 0.427 e. The number of aromatic nitrogens is 1. The molecule has 2 N–H and O–H groups in total. The highest BCUT2D eigenvalue weighted by atomic mass is 32.1. The summed E-state index contributed by atoms with van der Waals surface area (Å²) < 4.78 is 36.9. The maximum Gasteiger partial charge on any atom is 0.427 e. The van der Waals surface area contributed by atoms with Crippen LogP contribution < -0.4 is 5.73 Å². The lowest BCUT2D eigenvalue weighted by Crippen LogP contribution is -2.26. The van der Waals surface area contributed by atoms with Crippen LogP contribution in [0.2, 0.25) is 0 Å². The van der Waals surface area contributed by atoms with Crippen molar-refractivity contribution in [2.75, 3.05) is 13.1 Å². The van der Waals surface area contributed by atoms with Crippen molar-refractivity contribution in [3.05, 3.63) is 16.1 Å². The molecule has 0 aliphatic carbocycles. The number of hydrogen-bond acceptors (Lipinski definition) is 4. The fourth-order valence-corrected chi connectivity index (χ4v) is 2.54. The van der Waals surface area contributed by atoms with Gasteiger partial charge in [0.05, 0.1) is 12.7 Å². The normalized spacial score (nSPS) is 22.9. The van der Waals surface area contributed by atoms with E-state index < -0.39 is 11.1 Å². The third-order valence-electron chi connectivity index (χ3n) is 2.50. The van der Waals surface area contributed by atoms with Crippen LogP contribution in [0, 0.1) is 0 Å². The average Bonchev–Trinajstić information content (AvgIpc) is 2.74. The molecular formula is C9H12F3N3S. The van der Waals surface area contributed by atoms with Gasteiger partial charge in [-0.15, -0.1) is 11.3 Å². The highest BCUT2D eigenvalue weighted by molar-refractivity contribution is 7.11. The molecule has 90 valence electrons. The molecule has 1 aromatic rings. The molecule has 1 fully saturated rings. The molecule has 3 nitrogen and oxygen atoms in total. The number of rotatable bonds is 2. The molecule has 2 heterocycles. The van der Waals surface area contributed by atoms with Crippen LogP contribution in [-0.2, 0) is 12.7 Å². The van der Waals surface area contributed by atoms with Crippen molar-refractivity contribution in [1.82, 2.24) is 9.88 Å². The molecule has 1 aromatic heterocycles. The molecule has 2 rings (SSSR count). The Morgan fingerprint density at radius 3 is 2.81 bits per heavy atom. The van der Waals surface area contributed by atoms with Crippen molar-refractivity contribution >= 4 is 11.3 Å². The summed E-state index contributed by atoms with van der Waals surface area (Å²) in [5.41, 5.74) is 5.71. The van der Waals surface area contributed by atoms with Crippen LogP contribution in [0.25, 0.3) is 0 Å². The molecular weight excluding hydrogens is 239 g/mol. The van der Waals surface area contributed by atoms with Gasteiger partial charge in [-0.25, -0.2) is 4.98 Å². The Morgan fingerprint density at radius 1 is 1.56 bits per heavy atom. The van der Waals surface area contributed by atoms with Crippen LogP contribution in [0.15, 0.2) is 6.20 Å². The highest BCUT2D eigenvalue weighted by Crippen LogP contribution is 2.33. The molecule has 0 spiro atoms. The van der Waals surface area contributed by atoms with Gasteiger partial charge < -0.3 is 5.73 Å². The molecule has 0 bridgehead atoms. The topological polar surface area (TPSA) is 42.1 Å². The van der Waals surface area contributed by atoms with Crippen LogP contribution in [0.1, 0.15) is 16.3 Å². The first-order valence-electron chi connectivity index (χ1n) is 4.95. The number of nitrogens with zero attached hydrogens (tertiary/aromatic N) is 2. The molecule has 0 unspecified atom stereocenters. The Labute approximate surface area is 95.1 Å². The van der Waals surface area contributed by atoms with Crippen LogP contribution in [0.3, 0.4) is 0 Å². The summed E-state index contributed by atoms with van der Waals surface area (Å²) >= 11 is 0.709. The van der Waals surface area contributed by atoms with E-state index in [1.165, 1.54) is 0 Å². The molecule has 0 saturated carbocycles. The van der Waals surface area contributed by atoms with E-state index in [0.29, 0.717) is 22.9 Å². The summed E-state index contributed by atoms with van der Waals surface area (Å²) in [5, 5.41) is 0.501. The van der Waals surface area contributed by atoms with Crippen molar-refractivity contribution in [1.29, 1.82) is 0 Å². The van der Waals surface area contributed by atoms with Crippen molar-refractivity contribution in [3.63, 3.8) is 0 Å². The Bertz CT molecular complexity index is 363. The zero-order valence-electron chi connectivity index (χ0n) is 8.50. The molecule has 0 amide bonds. The molecule has 0 aromatic carbocycles. The first-order chi connectivity index (χ1) is 7.45. The van der Waals surface area contributed by atoms with Gasteiger partial charge in [-0.2, -0.15) is 13.2 Å². The third-order valence-corrected chi connectivity index (χ3v) is 3.53. The van der Waals surface area contributed by atoms with Crippen LogP contribution in [0.4, 0.5) is 13.2 Å². The summed E-state index contributed by atoms with van der Waals surface area (Å²) in [4.78, 5) is 5.19. The van der Waals surface area contributed by atoms with Gasteiger partial charge >= 0.3 is 6.18 Å². The van der Waals surface area contributed by atoms with Crippen molar-refractivity contribution < 1.29 is 13.2 Å². The van der Waals surface area contributed by atoms with Gasteiger partial charge in [-0.1, -0.05) is 0 Å². The number of hydrogen-bond donors (Lipinski definition) is 1. The summed E-state index contributed by atoms with van der Waals surface area (Å²) in [6, 6.07) is 0.141. The smallest absolute Gasteiger partial charge is 0.326 e. The number of thiazole rings is 1. The SMILES string of the molecule is N[C@@H]1CCN(Cc2ncc(C(F)(F)F)s2)C1. The number of alkyl halides is 3. The van der Waals surface area contributed by atoms with Gasteiger partial charge in [-0.05, 0) is 6.42 Å². The van der Waals surface area contributed by atoms with E-state index in [1.54, 1.807) is 0 Å². The minimum atomic E-state index is -4.28. The fourth-order valence-electron chi connectivity index (χ4n) is 1.71. The molecule has 1 saturated heterocycles. The second-order valence-corrected chi connectivity index (χ2v) is 5.02. The van der Waals surface area contributed by atoms with E-state index in [-0.39, 0.29) is 6.04 Å². The van der Waals surface area contributed by atoms with Gasteiger partial charge in [0.25, 0.3) is 0 Å². The van der Waals surface area contributed by atoms with E-state index in [9.17, 15) is 13.2 Å². The van der Waals surface area contributed by atoms with E-state index in [2.05, 4.69) is 4.98 Å². The second-order valence-electron chi connectivity index (χ2n) is 3.90. The molecule has 7 heteroatoms. The number of likely N-dealkylation sites (tertiary alicyclic amines) is 1. The molecule has 1 aliphatic heterocycles. The predicted molar refractivity (Wildman–Crippen MR) is 55.0 cm³/mol. The minimum absolute atomic E-state index is 0.141. The van der Waals surface area contributed by atoms with Crippen LogP contribution in [0.5, 0.6) is 0 Å². The van der Waals surface area contributed by atoms with Gasteiger partial charge in [0.2, 0.25) is 0 Å². The van der Waals surface area contributed by atoms with E-state index >= 15 is 0 Å². The molecule has 1 atom stereocenters. The van der Waals surface area contributed by atoms with E-state index in [0.717, 1.165) is 25.7 Å². The third kappa shape index (κ3) is 2.72. The lowest BCUT2D eigenvalue weighted by atomic mass is 10.3. The Balaban J connectivity index is 1.98. The van der Waals surface area contributed by atoms with E-state index in [4.69, 9.17) is 5.73 Å². The Morgan fingerprint density at radius 2 is 2.31 bits per heavy atom. The first-order valence-corrected chi connectivity index (χ1v) is 5.76. The number of nitrogens with two attached hydrogens (primary N) is 1. The lowest BCUT2D eigenvalue weighted by Gasteiger charge is -2.12. The van der Waals surface area contributed by atoms with Crippen molar-refractivity contribution in [2.24, 2.45) is 5.73 Å². The summed E-state index contributed by atoms with van der Waals surface area (Å²) in [6.07, 6.45) is -2.48. The van der Waals surface area contributed by atoms with Gasteiger partial charge in [0.15, 0.2) is 0 Å². The quantitative estimate of drug-likeness (QED) is 0.869. The van der Waals surface area contributed by atoms with Crippen LogP contribution >= 0.6 is 11.3 Å². The lowest BCUT2D eigenvalue weighted by molar-refractivity contribution is -0.134. The van der Waals surface area contributed by atoms with E-state index in [1.807, 2.05) is 4.90 Å². The maximum absolute atomic E-state index is 12.3. The maximum atomic E-state index is 12.3. The molecule has 1 aliphatic rings. The summed E-state index contributed by atoms with van der Waals surface area (Å²) in [6.45, 7) is 2.04. The number of halogens is 3. The van der Waals surface area contributed by atoms with Crippen molar-refractivity contribution in [3.8, 4) is 0 Å². The zero-order valence-corrected chi connectivity index (χ0v) is 9.31. The average molecular weight is 251 g/mol. The van der Waals surface area contributed by atoms with Gasteiger partial charge in [0, 0.05) is 19.1 Å². The summed E-state index contributed by atoms with van der Waals surface area (Å²) in [7, 11) is 0. The van der Waals surface area contributed by atoms with Crippen LogP contribution in [-0.4, -0.2) is 29.0 Å². The van der Waals surface area contributed by atoms with Gasteiger partial charge in [0.1, 0.15) is 9.88 Å². The zero-order chi connectivity index (χ0) is 11.8.